The summed E-state index contributed by atoms with van der Waals surface area (Å²) >= 11 is 0. The number of halogens is 3. The molecule has 1 amide bonds. The van der Waals surface area contributed by atoms with Crippen molar-refractivity contribution in [2.45, 2.75) is 31.5 Å². The Morgan fingerprint density at radius 1 is 1.12 bits per heavy atom. The lowest BCUT2D eigenvalue weighted by Crippen LogP contribution is -2.40. The van der Waals surface area contributed by atoms with Crippen molar-refractivity contribution in [2.24, 2.45) is 0 Å². The standard InChI is InChI=1S/C19H21F3N2O2/c20-19(21,22)15-8-6-14(7-9-15)18(25)23-13-16(17-5-4-12-26-17)24-10-2-1-3-11-24/h4-9,12,16H,1-3,10-11,13H2,(H,23,25)/t16-/m1/s1. The predicted octanol–water partition coefficient (Wildman–Crippen LogP) is 4.26. The first-order valence-corrected chi connectivity index (χ1v) is 8.68. The van der Waals surface area contributed by atoms with Gasteiger partial charge in [-0.1, -0.05) is 6.42 Å². The minimum Gasteiger partial charge on any atom is -0.468 e. The van der Waals surface area contributed by atoms with Gasteiger partial charge in [-0.15, -0.1) is 0 Å². The lowest BCUT2D eigenvalue weighted by atomic mass is 10.1. The van der Waals surface area contributed by atoms with Crippen molar-refractivity contribution < 1.29 is 22.4 Å². The Hall–Kier alpha value is -2.28. The fraction of sp³-hybridized carbons (Fsp3) is 0.421. The number of rotatable bonds is 5. The fourth-order valence-electron chi connectivity index (χ4n) is 3.22. The summed E-state index contributed by atoms with van der Waals surface area (Å²) in [5, 5.41) is 2.82. The Morgan fingerprint density at radius 2 is 1.81 bits per heavy atom. The van der Waals surface area contributed by atoms with Crippen molar-refractivity contribution in [3.63, 3.8) is 0 Å². The molecule has 1 saturated heterocycles. The summed E-state index contributed by atoms with van der Waals surface area (Å²) < 4.78 is 43.4. The monoisotopic (exact) mass is 366 g/mol. The normalized spacial score (nSPS) is 17.0. The van der Waals surface area contributed by atoms with Crippen LogP contribution in [0.25, 0.3) is 0 Å². The van der Waals surface area contributed by atoms with E-state index in [1.165, 1.54) is 18.6 Å². The third-order valence-corrected chi connectivity index (χ3v) is 4.63. The van der Waals surface area contributed by atoms with Crippen LogP contribution in [0.15, 0.2) is 47.1 Å². The third kappa shape index (κ3) is 4.46. The van der Waals surface area contributed by atoms with Gasteiger partial charge < -0.3 is 9.73 Å². The van der Waals surface area contributed by atoms with Crippen LogP contribution in [0.1, 0.15) is 47.0 Å². The van der Waals surface area contributed by atoms with E-state index in [0.29, 0.717) is 6.54 Å². The highest BCUT2D eigenvalue weighted by atomic mass is 19.4. The SMILES string of the molecule is O=C(NC[C@H](c1ccco1)N1CCCCC1)c1ccc(C(F)(F)F)cc1. The van der Waals surface area contributed by atoms with Crippen molar-refractivity contribution >= 4 is 5.91 Å². The number of nitrogens with zero attached hydrogens (tertiary/aromatic N) is 1. The maximum Gasteiger partial charge on any atom is 0.416 e. The van der Waals surface area contributed by atoms with Crippen LogP contribution >= 0.6 is 0 Å². The van der Waals surface area contributed by atoms with Crippen molar-refractivity contribution in [2.75, 3.05) is 19.6 Å². The van der Waals surface area contributed by atoms with Gasteiger partial charge in [0, 0.05) is 12.1 Å². The quantitative estimate of drug-likeness (QED) is 0.860. The summed E-state index contributed by atoms with van der Waals surface area (Å²) in [6.45, 7) is 2.20. The summed E-state index contributed by atoms with van der Waals surface area (Å²) in [5.41, 5.74) is -0.564. The molecule has 1 aliphatic rings. The van der Waals surface area contributed by atoms with E-state index in [2.05, 4.69) is 10.2 Å². The van der Waals surface area contributed by atoms with E-state index in [1.807, 2.05) is 12.1 Å². The van der Waals surface area contributed by atoms with E-state index in [4.69, 9.17) is 4.42 Å². The Kier molecular flexibility index (Phi) is 5.66. The molecule has 0 aliphatic carbocycles. The number of nitrogens with one attached hydrogen (secondary N) is 1. The van der Waals surface area contributed by atoms with Gasteiger partial charge in [-0.25, -0.2) is 0 Å². The molecule has 1 atom stereocenters. The van der Waals surface area contributed by atoms with Gasteiger partial charge in [0.05, 0.1) is 17.9 Å². The Balaban J connectivity index is 1.65. The number of furan rings is 1. The first-order chi connectivity index (χ1) is 12.4. The number of amides is 1. The first kappa shape index (κ1) is 18.5. The summed E-state index contributed by atoms with van der Waals surface area (Å²) in [6.07, 6.45) is 0.588. The Morgan fingerprint density at radius 3 is 2.38 bits per heavy atom. The van der Waals surface area contributed by atoms with E-state index in [0.717, 1.165) is 43.8 Å². The minimum atomic E-state index is -4.41. The molecule has 0 spiro atoms. The molecule has 0 unspecified atom stereocenters. The molecule has 1 N–H and O–H groups in total. The number of carbonyl (C=O) groups is 1. The molecule has 3 rings (SSSR count). The highest BCUT2D eigenvalue weighted by molar-refractivity contribution is 5.94. The summed E-state index contributed by atoms with van der Waals surface area (Å²) in [5.74, 6) is 0.381. The predicted molar refractivity (Wildman–Crippen MR) is 90.7 cm³/mol. The molecular weight excluding hydrogens is 345 g/mol. The van der Waals surface area contributed by atoms with Crippen molar-refractivity contribution in [1.82, 2.24) is 10.2 Å². The molecule has 26 heavy (non-hydrogen) atoms. The van der Waals surface area contributed by atoms with Crippen LogP contribution in [-0.4, -0.2) is 30.4 Å². The van der Waals surface area contributed by atoms with Gasteiger partial charge in [-0.05, 0) is 62.3 Å². The van der Waals surface area contributed by atoms with Gasteiger partial charge in [-0.3, -0.25) is 9.69 Å². The second kappa shape index (κ2) is 7.95. The van der Waals surface area contributed by atoms with Gasteiger partial charge in [0.25, 0.3) is 5.91 Å². The van der Waals surface area contributed by atoms with Crippen LogP contribution in [-0.2, 0) is 6.18 Å². The number of likely N-dealkylation sites (tertiary alicyclic amines) is 1. The topological polar surface area (TPSA) is 45.5 Å². The van der Waals surface area contributed by atoms with Gasteiger partial charge in [-0.2, -0.15) is 13.2 Å². The number of piperidine rings is 1. The molecule has 1 aliphatic heterocycles. The molecule has 2 aromatic rings. The third-order valence-electron chi connectivity index (χ3n) is 4.63. The number of benzene rings is 1. The maximum atomic E-state index is 12.6. The molecule has 7 heteroatoms. The highest BCUT2D eigenvalue weighted by Crippen LogP contribution is 2.29. The summed E-state index contributed by atoms with van der Waals surface area (Å²) in [6, 6.07) is 7.84. The van der Waals surface area contributed by atoms with Crippen molar-refractivity contribution in [3.8, 4) is 0 Å². The van der Waals surface area contributed by atoms with Gasteiger partial charge in [0.1, 0.15) is 5.76 Å². The van der Waals surface area contributed by atoms with Crippen LogP contribution in [0.3, 0.4) is 0 Å². The van der Waals surface area contributed by atoms with Crippen LogP contribution in [0.4, 0.5) is 13.2 Å². The number of carbonyl (C=O) groups excluding carboxylic acids is 1. The fourth-order valence-corrected chi connectivity index (χ4v) is 3.22. The van der Waals surface area contributed by atoms with Crippen molar-refractivity contribution in [3.05, 3.63) is 59.5 Å². The molecule has 1 aromatic heterocycles. The maximum absolute atomic E-state index is 12.6. The van der Waals surface area contributed by atoms with Crippen LogP contribution in [0.2, 0.25) is 0 Å². The smallest absolute Gasteiger partial charge is 0.416 e. The average Bonchev–Trinajstić information content (AvgIpc) is 3.16. The van der Waals surface area contributed by atoms with Crippen LogP contribution in [0, 0.1) is 0 Å². The molecule has 140 valence electrons. The summed E-state index contributed by atoms with van der Waals surface area (Å²) in [4.78, 5) is 14.6. The number of alkyl halides is 3. The Bertz CT molecular complexity index is 705. The largest absolute Gasteiger partial charge is 0.468 e. The lowest BCUT2D eigenvalue weighted by molar-refractivity contribution is -0.137. The molecule has 1 fully saturated rings. The van der Waals surface area contributed by atoms with E-state index >= 15 is 0 Å². The average molecular weight is 366 g/mol. The lowest BCUT2D eigenvalue weighted by Gasteiger charge is -2.33. The molecule has 0 bridgehead atoms. The minimum absolute atomic E-state index is 0.0799. The molecule has 2 heterocycles. The van der Waals surface area contributed by atoms with Crippen molar-refractivity contribution in [1.29, 1.82) is 0 Å². The van der Waals surface area contributed by atoms with E-state index in [1.54, 1.807) is 6.26 Å². The molecule has 4 nitrogen and oxygen atoms in total. The first-order valence-electron chi connectivity index (χ1n) is 8.68. The summed E-state index contributed by atoms with van der Waals surface area (Å²) in [7, 11) is 0. The van der Waals surface area contributed by atoms with Gasteiger partial charge in [0.15, 0.2) is 0 Å². The number of hydrogen-bond donors (Lipinski definition) is 1. The van der Waals surface area contributed by atoms with Gasteiger partial charge >= 0.3 is 6.18 Å². The van der Waals surface area contributed by atoms with Crippen LogP contribution in [0.5, 0.6) is 0 Å². The number of hydrogen-bond acceptors (Lipinski definition) is 3. The second-order valence-corrected chi connectivity index (χ2v) is 6.41. The molecule has 0 saturated carbocycles. The zero-order valence-electron chi connectivity index (χ0n) is 14.3. The molecule has 0 radical (unpaired) electrons. The van der Waals surface area contributed by atoms with E-state index < -0.39 is 17.6 Å². The van der Waals surface area contributed by atoms with Gasteiger partial charge in [0.2, 0.25) is 0 Å². The molecular formula is C19H21F3N2O2. The Labute approximate surface area is 150 Å². The van der Waals surface area contributed by atoms with E-state index in [-0.39, 0.29) is 11.6 Å². The zero-order chi connectivity index (χ0) is 18.6. The van der Waals surface area contributed by atoms with E-state index in [9.17, 15) is 18.0 Å². The second-order valence-electron chi connectivity index (χ2n) is 6.41. The van der Waals surface area contributed by atoms with Crippen LogP contribution < -0.4 is 5.32 Å². The highest BCUT2D eigenvalue weighted by Gasteiger charge is 2.30. The zero-order valence-corrected chi connectivity index (χ0v) is 14.3. The molecule has 1 aromatic carbocycles.